The van der Waals surface area contributed by atoms with Gasteiger partial charge < -0.3 is 14.8 Å². The topological polar surface area (TPSA) is 88.4 Å². The maximum absolute atomic E-state index is 11.3. The molecule has 0 fully saturated rings. The third-order valence-electron chi connectivity index (χ3n) is 3.82. The van der Waals surface area contributed by atoms with Crippen LogP contribution in [0, 0.1) is 11.3 Å². The highest BCUT2D eigenvalue weighted by Gasteiger charge is 2.10. The van der Waals surface area contributed by atoms with E-state index < -0.39 is 11.9 Å². The Kier molecular flexibility index (Phi) is 8.15. The Balaban J connectivity index is 2.11. The van der Waals surface area contributed by atoms with Crippen molar-refractivity contribution < 1.29 is 19.1 Å². The molecular weight excluding hydrogens is 380 g/mol. The average Bonchev–Trinajstić information content (AvgIpc) is 2.71. The Hall–Kier alpha value is -4.11. The molecule has 6 nitrogen and oxygen atoms in total. The van der Waals surface area contributed by atoms with Gasteiger partial charge in [-0.05, 0) is 29.3 Å². The van der Waals surface area contributed by atoms with Crippen LogP contribution < -0.4 is 14.8 Å². The number of esters is 2. The average molecular weight is 402 g/mol. The van der Waals surface area contributed by atoms with Gasteiger partial charge in [0.05, 0.1) is 5.57 Å². The largest absolute Gasteiger partial charge is 0.423 e. The highest BCUT2D eigenvalue weighted by molar-refractivity contribution is 5.74. The van der Waals surface area contributed by atoms with E-state index in [-0.39, 0.29) is 11.5 Å². The van der Waals surface area contributed by atoms with Crippen molar-refractivity contribution in [3.05, 3.63) is 89.7 Å². The number of ether oxygens (including phenoxy) is 2. The first-order valence-corrected chi connectivity index (χ1v) is 9.15. The summed E-state index contributed by atoms with van der Waals surface area (Å²) in [6, 6.07) is 16.7. The van der Waals surface area contributed by atoms with Gasteiger partial charge in [-0.1, -0.05) is 55.1 Å². The highest BCUT2D eigenvalue weighted by atomic mass is 16.6. The second kappa shape index (κ2) is 11.0. The molecule has 0 spiro atoms. The maximum Gasteiger partial charge on any atom is 0.308 e. The quantitative estimate of drug-likeness (QED) is 0.306. The van der Waals surface area contributed by atoms with Gasteiger partial charge in [-0.2, -0.15) is 5.26 Å². The van der Waals surface area contributed by atoms with Crippen molar-refractivity contribution in [2.24, 2.45) is 0 Å². The second-order valence-corrected chi connectivity index (χ2v) is 6.26. The molecule has 2 aromatic rings. The van der Waals surface area contributed by atoms with Crippen molar-refractivity contribution in [3.63, 3.8) is 0 Å². The zero-order valence-corrected chi connectivity index (χ0v) is 16.8. The molecule has 0 unspecified atom stereocenters. The van der Waals surface area contributed by atoms with Crippen molar-refractivity contribution in [3.8, 4) is 17.6 Å². The van der Waals surface area contributed by atoms with Crippen LogP contribution in [0.3, 0.4) is 0 Å². The molecule has 0 aromatic heterocycles. The summed E-state index contributed by atoms with van der Waals surface area (Å²) in [6.45, 7) is 6.99. The number of carbonyl (C=O) groups excluding carboxylic acids is 2. The van der Waals surface area contributed by atoms with Crippen LogP contribution in [-0.2, 0) is 16.1 Å². The van der Waals surface area contributed by atoms with Crippen LogP contribution in [0.1, 0.15) is 25.0 Å². The normalized spacial score (nSPS) is 10.9. The van der Waals surface area contributed by atoms with E-state index in [1.807, 2.05) is 30.3 Å². The lowest BCUT2D eigenvalue weighted by molar-refractivity contribution is -0.134. The van der Waals surface area contributed by atoms with E-state index in [2.05, 4.69) is 18.0 Å². The molecule has 0 heterocycles. The number of benzene rings is 2. The molecule has 30 heavy (non-hydrogen) atoms. The molecule has 0 atom stereocenters. The van der Waals surface area contributed by atoms with Gasteiger partial charge in [-0.3, -0.25) is 9.59 Å². The molecule has 2 aromatic carbocycles. The molecular formula is C24H22N2O4. The summed E-state index contributed by atoms with van der Waals surface area (Å²) < 4.78 is 10.1. The van der Waals surface area contributed by atoms with Crippen LogP contribution in [-0.4, -0.2) is 11.9 Å². The molecule has 0 saturated heterocycles. The summed E-state index contributed by atoms with van der Waals surface area (Å²) in [5, 5.41) is 12.5. The van der Waals surface area contributed by atoms with Crippen LogP contribution in [0.2, 0.25) is 0 Å². The van der Waals surface area contributed by atoms with E-state index >= 15 is 0 Å². The molecule has 0 amide bonds. The number of nitrogens with zero attached hydrogens (tertiary/aromatic N) is 1. The van der Waals surface area contributed by atoms with Gasteiger partial charge in [0, 0.05) is 26.1 Å². The number of allylic oxidation sites excluding steroid dienone is 3. The smallest absolute Gasteiger partial charge is 0.308 e. The van der Waals surface area contributed by atoms with Gasteiger partial charge in [-0.25, -0.2) is 0 Å². The Morgan fingerprint density at radius 1 is 1.07 bits per heavy atom. The number of hydrogen-bond acceptors (Lipinski definition) is 6. The van der Waals surface area contributed by atoms with E-state index in [0.29, 0.717) is 23.4 Å². The van der Waals surface area contributed by atoms with Gasteiger partial charge in [0.2, 0.25) is 0 Å². The monoisotopic (exact) mass is 402 g/mol. The van der Waals surface area contributed by atoms with Crippen LogP contribution in [0.4, 0.5) is 0 Å². The van der Waals surface area contributed by atoms with E-state index in [1.165, 1.54) is 19.9 Å². The SMILES string of the molecule is C=C(NCc1ccccc1)/C(C#N)=C/C=C/c1ccc(OC(C)=O)c(OC(C)=O)c1. The summed E-state index contributed by atoms with van der Waals surface area (Å²) in [6.07, 6.45) is 5.05. The van der Waals surface area contributed by atoms with E-state index in [0.717, 1.165) is 5.56 Å². The van der Waals surface area contributed by atoms with Gasteiger partial charge in [-0.15, -0.1) is 0 Å². The van der Waals surface area contributed by atoms with E-state index in [4.69, 9.17) is 9.47 Å². The van der Waals surface area contributed by atoms with Crippen molar-refractivity contribution in [2.45, 2.75) is 20.4 Å². The first-order chi connectivity index (χ1) is 14.4. The van der Waals surface area contributed by atoms with Crippen LogP contribution in [0.5, 0.6) is 11.5 Å². The van der Waals surface area contributed by atoms with Gasteiger partial charge >= 0.3 is 11.9 Å². The zero-order valence-electron chi connectivity index (χ0n) is 16.8. The number of rotatable bonds is 8. The van der Waals surface area contributed by atoms with Crippen LogP contribution in [0.25, 0.3) is 6.08 Å². The fourth-order valence-corrected chi connectivity index (χ4v) is 2.46. The zero-order chi connectivity index (χ0) is 21.9. The van der Waals surface area contributed by atoms with Crippen molar-refractivity contribution in [1.82, 2.24) is 5.32 Å². The minimum atomic E-state index is -0.531. The van der Waals surface area contributed by atoms with Crippen molar-refractivity contribution in [2.75, 3.05) is 0 Å². The predicted molar refractivity (Wildman–Crippen MR) is 114 cm³/mol. The summed E-state index contributed by atoms with van der Waals surface area (Å²) in [5.41, 5.74) is 2.67. The lowest BCUT2D eigenvalue weighted by Gasteiger charge is -2.09. The molecule has 0 aliphatic heterocycles. The molecule has 6 heteroatoms. The minimum Gasteiger partial charge on any atom is -0.423 e. The van der Waals surface area contributed by atoms with Gasteiger partial charge in [0.15, 0.2) is 11.5 Å². The number of nitrogens with one attached hydrogen (secondary N) is 1. The number of hydrogen-bond donors (Lipinski definition) is 1. The van der Waals surface area contributed by atoms with Gasteiger partial charge in [0.25, 0.3) is 0 Å². The molecule has 0 aliphatic rings. The summed E-state index contributed by atoms with van der Waals surface area (Å²) >= 11 is 0. The first-order valence-electron chi connectivity index (χ1n) is 9.15. The summed E-state index contributed by atoms with van der Waals surface area (Å²) in [5.74, 6) is -0.758. The highest BCUT2D eigenvalue weighted by Crippen LogP contribution is 2.29. The molecule has 0 saturated carbocycles. The van der Waals surface area contributed by atoms with E-state index in [9.17, 15) is 14.9 Å². The fourth-order valence-electron chi connectivity index (χ4n) is 2.46. The molecule has 0 bridgehead atoms. The lowest BCUT2D eigenvalue weighted by Crippen LogP contribution is -2.13. The minimum absolute atomic E-state index is 0.137. The van der Waals surface area contributed by atoms with Crippen LogP contribution >= 0.6 is 0 Å². The Bertz CT molecular complexity index is 1030. The second-order valence-electron chi connectivity index (χ2n) is 6.26. The number of nitriles is 1. The maximum atomic E-state index is 11.3. The third kappa shape index (κ3) is 7.13. The Morgan fingerprint density at radius 2 is 1.73 bits per heavy atom. The van der Waals surface area contributed by atoms with Crippen LogP contribution in [0.15, 0.2) is 78.5 Å². The molecule has 1 N–H and O–H groups in total. The summed E-state index contributed by atoms with van der Waals surface area (Å²) in [7, 11) is 0. The standard InChI is InChI=1S/C24H22N2O4/c1-17(26-16-21-8-5-4-6-9-21)22(15-25)11-7-10-20-12-13-23(29-18(2)27)24(14-20)30-19(3)28/h4-14,26H,1,16H2,2-3H3/b10-7+,22-11+. The third-order valence-corrected chi connectivity index (χ3v) is 3.82. The fraction of sp³-hybridized carbons (Fsp3) is 0.125. The van der Waals surface area contributed by atoms with Crippen molar-refractivity contribution in [1.29, 1.82) is 5.26 Å². The molecule has 2 rings (SSSR count). The van der Waals surface area contributed by atoms with Crippen molar-refractivity contribution >= 4 is 18.0 Å². The molecule has 0 radical (unpaired) electrons. The summed E-state index contributed by atoms with van der Waals surface area (Å²) in [4.78, 5) is 22.5. The Morgan fingerprint density at radius 3 is 2.37 bits per heavy atom. The van der Waals surface area contributed by atoms with Gasteiger partial charge in [0.1, 0.15) is 6.07 Å². The predicted octanol–water partition coefficient (Wildman–Crippen LogP) is 4.30. The number of carbonyl (C=O) groups is 2. The molecule has 0 aliphatic carbocycles. The lowest BCUT2D eigenvalue weighted by atomic mass is 10.1. The first kappa shape index (κ1) is 22.2. The van der Waals surface area contributed by atoms with E-state index in [1.54, 1.807) is 30.4 Å². The Labute approximate surface area is 175 Å². The molecule has 152 valence electrons.